The fourth-order valence-corrected chi connectivity index (χ4v) is 0.977. The second-order valence-electron chi connectivity index (χ2n) is 2.09. The van der Waals surface area contributed by atoms with Crippen molar-refractivity contribution in [1.29, 1.82) is 0 Å². The Bertz CT molecular complexity index is 250. The van der Waals surface area contributed by atoms with Crippen molar-refractivity contribution in [1.82, 2.24) is 0 Å². The lowest BCUT2D eigenvalue weighted by atomic mass is 10.1. The molecule has 1 aromatic carbocycles. The van der Waals surface area contributed by atoms with Crippen molar-refractivity contribution >= 4 is 6.21 Å². The highest BCUT2D eigenvalue weighted by Gasteiger charge is 2.02. The molecular formula is C8H6N. The molecule has 2 rings (SSSR count). The lowest BCUT2D eigenvalue weighted by molar-refractivity contribution is 1.11. The molecule has 1 aromatic rings. The van der Waals surface area contributed by atoms with Gasteiger partial charge in [0.15, 0.2) is 0 Å². The van der Waals surface area contributed by atoms with E-state index in [4.69, 9.17) is 0 Å². The summed E-state index contributed by atoms with van der Waals surface area (Å²) in [5.41, 5.74) is 2.44. The average molecular weight is 116 g/mol. The molecule has 1 aliphatic heterocycles. The lowest BCUT2D eigenvalue weighted by Crippen LogP contribution is -1.79. The minimum absolute atomic E-state index is 0.816. The highest BCUT2D eigenvalue weighted by Crippen LogP contribution is 2.12. The predicted molar refractivity (Wildman–Crippen MR) is 36.7 cm³/mol. The van der Waals surface area contributed by atoms with Gasteiger partial charge in [0.05, 0.1) is 12.8 Å². The van der Waals surface area contributed by atoms with Crippen LogP contribution in [0.1, 0.15) is 11.1 Å². The van der Waals surface area contributed by atoms with Crippen LogP contribution in [0.25, 0.3) is 0 Å². The monoisotopic (exact) mass is 116 g/mol. The summed E-state index contributed by atoms with van der Waals surface area (Å²) < 4.78 is 0. The molecule has 1 nitrogen and oxygen atoms in total. The molecule has 0 amide bonds. The molecule has 1 radical (unpaired) electrons. The summed E-state index contributed by atoms with van der Waals surface area (Å²) in [6.45, 7) is 0.816. The van der Waals surface area contributed by atoms with E-state index in [9.17, 15) is 0 Å². The number of benzene rings is 1. The first-order valence-electron chi connectivity index (χ1n) is 2.97. The zero-order chi connectivity index (χ0) is 6.10. The van der Waals surface area contributed by atoms with E-state index in [1.165, 1.54) is 5.56 Å². The highest BCUT2D eigenvalue weighted by molar-refractivity contribution is 5.84. The SMILES string of the molecule is [C]1=NCc2ccccc21. The van der Waals surface area contributed by atoms with Crippen molar-refractivity contribution in [3.63, 3.8) is 0 Å². The summed E-state index contributed by atoms with van der Waals surface area (Å²) in [6, 6.07) is 8.15. The molecule has 9 heavy (non-hydrogen) atoms. The fraction of sp³-hybridized carbons (Fsp3) is 0.125. The van der Waals surface area contributed by atoms with Crippen LogP contribution in [0.2, 0.25) is 0 Å². The first-order chi connectivity index (χ1) is 4.47. The summed E-state index contributed by atoms with van der Waals surface area (Å²) in [5.74, 6) is 0. The first-order valence-corrected chi connectivity index (χ1v) is 2.97. The number of fused-ring (bicyclic) bond motifs is 1. The Morgan fingerprint density at radius 3 is 3.11 bits per heavy atom. The number of hydrogen-bond acceptors (Lipinski definition) is 1. The van der Waals surface area contributed by atoms with E-state index in [1.807, 2.05) is 18.2 Å². The second-order valence-corrected chi connectivity index (χ2v) is 2.09. The molecule has 0 atom stereocenters. The summed E-state index contributed by atoms with van der Waals surface area (Å²) in [4.78, 5) is 4.00. The second kappa shape index (κ2) is 1.69. The molecule has 0 bridgehead atoms. The van der Waals surface area contributed by atoms with Gasteiger partial charge in [-0.05, 0) is 5.56 Å². The topological polar surface area (TPSA) is 12.4 Å². The maximum atomic E-state index is 4.00. The van der Waals surface area contributed by atoms with Crippen molar-refractivity contribution in [2.24, 2.45) is 4.99 Å². The molecule has 0 saturated heterocycles. The van der Waals surface area contributed by atoms with Gasteiger partial charge in [-0.25, -0.2) is 0 Å². The predicted octanol–water partition coefficient (Wildman–Crippen LogP) is 1.50. The number of nitrogens with zero attached hydrogens (tertiary/aromatic N) is 1. The molecule has 0 unspecified atom stereocenters. The first kappa shape index (κ1) is 4.74. The van der Waals surface area contributed by atoms with Crippen LogP contribution in [-0.2, 0) is 6.54 Å². The van der Waals surface area contributed by atoms with Gasteiger partial charge in [-0.15, -0.1) is 0 Å². The third-order valence-corrected chi connectivity index (χ3v) is 1.47. The minimum atomic E-state index is 0.816. The largest absolute Gasteiger partial charge is 0.278 e. The van der Waals surface area contributed by atoms with Crippen LogP contribution < -0.4 is 0 Å². The van der Waals surface area contributed by atoms with Gasteiger partial charge in [0.2, 0.25) is 0 Å². The van der Waals surface area contributed by atoms with Gasteiger partial charge < -0.3 is 0 Å². The van der Waals surface area contributed by atoms with Gasteiger partial charge in [0, 0.05) is 5.56 Å². The fourth-order valence-electron chi connectivity index (χ4n) is 0.977. The molecular weight excluding hydrogens is 110 g/mol. The smallest absolute Gasteiger partial charge is 0.0912 e. The van der Waals surface area contributed by atoms with Crippen molar-refractivity contribution in [3.05, 3.63) is 35.4 Å². The summed E-state index contributed by atoms with van der Waals surface area (Å²) in [7, 11) is 0. The maximum absolute atomic E-state index is 4.00. The van der Waals surface area contributed by atoms with Crippen LogP contribution in [0, 0.1) is 0 Å². The quantitative estimate of drug-likeness (QED) is 0.487. The number of aliphatic imine (C=N–C) groups is 1. The van der Waals surface area contributed by atoms with Crippen LogP contribution in [0.15, 0.2) is 29.3 Å². The van der Waals surface area contributed by atoms with Crippen LogP contribution in [0.5, 0.6) is 0 Å². The van der Waals surface area contributed by atoms with Gasteiger partial charge >= 0.3 is 0 Å². The highest BCUT2D eigenvalue weighted by atomic mass is 14.7. The van der Waals surface area contributed by atoms with Gasteiger partial charge in [0.1, 0.15) is 0 Å². The number of hydrogen-bond donors (Lipinski definition) is 0. The van der Waals surface area contributed by atoms with E-state index in [2.05, 4.69) is 17.3 Å². The molecule has 0 saturated carbocycles. The van der Waals surface area contributed by atoms with Gasteiger partial charge in [-0.2, -0.15) is 0 Å². The van der Waals surface area contributed by atoms with Crippen LogP contribution in [0.4, 0.5) is 0 Å². The van der Waals surface area contributed by atoms with E-state index < -0.39 is 0 Å². The van der Waals surface area contributed by atoms with Crippen molar-refractivity contribution in [2.75, 3.05) is 0 Å². The van der Waals surface area contributed by atoms with Crippen molar-refractivity contribution < 1.29 is 0 Å². The number of rotatable bonds is 0. The van der Waals surface area contributed by atoms with E-state index >= 15 is 0 Å². The minimum Gasteiger partial charge on any atom is -0.278 e. The molecule has 0 aromatic heterocycles. The Hall–Kier alpha value is -1.11. The summed E-state index contributed by atoms with van der Waals surface area (Å²) in [5, 5.41) is 0. The molecule has 0 spiro atoms. The van der Waals surface area contributed by atoms with Crippen LogP contribution in [0.3, 0.4) is 0 Å². The van der Waals surface area contributed by atoms with Crippen LogP contribution >= 0.6 is 0 Å². The molecule has 1 aliphatic rings. The van der Waals surface area contributed by atoms with Crippen LogP contribution in [-0.4, -0.2) is 6.21 Å². The molecule has 0 fully saturated rings. The van der Waals surface area contributed by atoms with E-state index in [0.717, 1.165) is 12.1 Å². The average Bonchev–Trinajstić information content (AvgIpc) is 2.33. The standard InChI is InChI=1S/C8H6N/c1-2-4-8-6-9-5-7(8)3-1/h1-4H,5H2. The Labute approximate surface area is 54.1 Å². The lowest BCUT2D eigenvalue weighted by Gasteiger charge is -1.90. The van der Waals surface area contributed by atoms with Crippen molar-refractivity contribution in [2.45, 2.75) is 6.54 Å². The Morgan fingerprint density at radius 2 is 2.22 bits per heavy atom. The Morgan fingerprint density at radius 1 is 1.33 bits per heavy atom. The normalized spacial score (nSPS) is 13.8. The molecule has 43 valence electrons. The van der Waals surface area contributed by atoms with Gasteiger partial charge in [-0.3, -0.25) is 4.99 Å². The van der Waals surface area contributed by atoms with Gasteiger partial charge in [0.25, 0.3) is 0 Å². The zero-order valence-electron chi connectivity index (χ0n) is 4.96. The Balaban J connectivity index is 2.63. The van der Waals surface area contributed by atoms with Gasteiger partial charge in [-0.1, -0.05) is 24.3 Å². The molecule has 0 N–H and O–H groups in total. The summed E-state index contributed by atoms with van der Waals surface area (Å²) in [6.07, 6.45) is 2.93. The molecule has 1 heterocycles. The zero-order valence-corrected chi connectivity index (χ0v) is 4.96. The van der Waals surface area contributed by atoms with E-state index in [1.54, 1.807) is 0 Å². The summed E-state index contributed by atoms with van der Waals surface area (Å²) >= 11 is 0. The third kappa shape index (κ3) is 0.653. The molecule has 0 aliphatic carbocycles. The van der Waals surface area contributed by atoms with E-state index in [-0.39, 0.29) is 0 Å². The third-order valence-electron chi connectivity index (χ3n) is 1.47. The Kier molecular flexibility index (Phi) is 0.890. The van der Waals surface area contributed by atoms with E-state index in [0.29, 0.717) is 0 Å². The maximum Gasteiger partial charge on any atom is 0.0912 e. The van der Waals surface area contributed by atoms with Crippen molar-refractivity contribution in [3.8, 4) is 0 Å². The molecule has 1 heteroatoms.